The zero-order valence-electron chi connectivity index (χ0n) is 25.0. The molecule has 1 nitrogen and oxygen atoms in total. The van der Waals surface area contributed by atoms with E-state index >= 15 is 0 Å². The van der Waals surface area contributed by atoms with Gasteiger partial charge in [0.05, 0.1) is 8.80 Å². The van der Waals surface area contributed by atoms with Crippen molar-refractivity contribution in [2.75, 3.05) is 0 Å². The van der Waals surface area contributed by atoms with Gasteiger partial charge in [0.15, 0.2) is 0 Å². The minimum atomic E-state index is -0.621. The first-order valence-electron chi connectivity index (χ1n) is 13.4. The molecule has 0 bridgehead atoms. The molecule has 3 aromatic rings. The van der Waals surface area contributed by atoms with Crippen LogP contribution in [0.4, 0.5) is 0 Å². The normalized spacial score (nSPS) is 14.9. The fraction of sp³-hybridized carbons (Fsp3) is 0.343. The van der Waals surface area contributed by atoms with Crippen molar-refractivity contribution in [2.24, 2.45) is 5.92 Å². The molecule has 0 saturated heterocycles. The quantitative estimate of drug-likeness (QED) is 0.253. The Kier molecular flexibility index (Phi) is 12.0. The summed E-state index contributed by atoms with van der Waals surface area (Å²) in [4.78, 5) is 0. The zero-order valence-corrected chi connectivity index (χ0v) is 27.5. The van der Waals surface area contributed by atoms with E-state index in [1.54, 1.807) is 0 Å². The van der Waals surface area contributed by atoms with Gasteiger partial charge in [0.1, 0.15) is 5.75 Å². The monoisotopic (exact) mass is 556 g/mol. The van der Waals surface area contributed by atoms with E-state index in [4.69, 9.17) is 0 Å². The second kappa shape index (κ2) is 14.2. The molecule has 3 heteroatoms. The molecular weight excluding hydrogens is 512 g/mol. The van der Waals surface area contributed by atoms with Crippen molar-refractivity contribution in [1.29, 1.82) is 0 Å². The van der Waals surface area contributed by atoms with Crippen LogP contribution in [-0.4, -0.2) is 17.7 Å². The van der Waals surface area contributed by atoms with Crippen molar-refractivity contribution >= 4 is 17.8 Å². The Bertz CT molecular complexity index is 1240. The third-order valence-corrected chi connectivity index (χ3v) is 9.36. The summed E-state index contributed by atoms with van der Waals surface area (Å²) < 4.78 is 1.33. The van der Waals surface area contributed by atoms with Crippen LogP contribution in [-0.2, 0) is 25.4 Å². The van der Waals surface area contributed by atoms with E-state index < -0.39 is 8.80 Å². The number of hydrogen-bond acceptors (Lipinski definition) is 1. The number of aryl methyl sites for hydroxylation is 1. The van der Waals surface area contributed by atoms with Crippen LogP contribution in [0.5, 0.6) is 5.75 Å². The number of phenols is 1. The summed E-state index contributed by atoms with van der Waals surface area (Å²) in [6.45, 7) is 21.8. The first kappa shape index (κ1) is 32.0. The van der Waals surface area contributed by atoms with Crippen LogP contribution < -0.4 is 5.19 Å². The van der Waals surface area contributed by atoms with E-state index in [0.29, 0.717) is 11.7 Å². The molecule has 3 aromatic carbocycles. The summed E-state index contributed by atoms with van der Waals surface area (Å²) in [5, 5.41) is 11.2. The van der Waals surface area contributed by atoms with Crippen molar-refractivity contribution in [3.8, 4) is 5.75 Å². The fourth-order valence-electron chi connectivity index (χ4n) is 4.42. The third kappa shape index (κ3) is 8.90. The number of phenolic OH excluding ortho intramolecular Hbond substituents is 1. The Morgan fingerprint density at radius 1 is 0.842 bits per heavy atom. The van der Waals surface area contributed by atoms with Gasteiger partial charge in [-0.3, -0.25) is 6.08 Å². The second-order valence-electron chi connectivity index (χ2n) is 11.4. The van der Waals surface area contributed by atoms with E-state index in [1.807, 2.05) is 25.1 Å². The second-order valence-corrected chi connectivity index (χ2v) is 14.6. The van der Waals surface area contributed by atoms with Crippen LogP contribution in [0.3, 0.4) is 0 Å². The molecule has 38 heavy (non-hydrogen) atoms. The van der Waals surface area contributed by atoms with Gasteiger partial charge < -0.3 is 5.11 Å². The van der Waals surface area contributed by atoms with Gasteiger partial charge in [-0.05, 0) is 34.7 Å². The van der Waals surface area contributed by atoms with Crippen molar-refractivity contribution in [3.63, 3.8) is 0 Å². The summed E-state index contributed by atoms with van der Waals surface area (Å²) >= 11 is 2.16. The van der Waals surface area contributed by atoms with Crippen LogP contribution in [0.2, 0.25) is 13.1 Å². The number of benzene rings is 3. The Hall–Kier alpha value is -2.26. The molecule has 0 aliphatic heterocycles. The predicted molar refractivity (Wildman–Crippen MR) is 165 cm³/mol. The van der Waals surface area contributed by atoms with E-state index in [2.05, 4.69) is 142 Å². The molecule has 1 atom stereocenters. The van der Waals surface area contributed by atoms with Gasteiger partial charge in [-0.1, -0.05) is 66.6 Å². The van der Waals surface area contributed by atoms with E-state index in [-0.39, 0.29) is 5.41 Å². The van der Waals surface area contributed by atoms with Crippen LogP contribution in [0.25, 0.3) is 0 Å². The third-order valence-electron chi connectivity index (χ3n) is 6.93. The maximum atomic E-state index is 10.0. The van der Waals surface area contributed by atoms with Crippen LogP contribution in [0.1, 0.15) is 70.7 Å². The Balaban J connectivity index is 0.000000206. The van der Waals surface area contributed by atoms with Crippen molar-refractivity contribution in [3.05, 3.63) is 118 Å². The minimum absolute atomic E-state index is 0.112. The van der Waals surface area contributed by atoms with Gasteiger partial charge in [-0.15, -0.1) is 6.92 Å². The molecule has 1 radical (unpaired) electrons. The first-order chi connectivity index (χ1) is 17.7. The molecule has 1 aliphatic carbocycles. The van der Waals surface area contributed by atoms with Crippen LogP contribution >= 0.6 is 0 Å². The van der Waals surface area contributed by atoms with Crippen LogP contribution in [0, 0.1) is 18.9 Å². The standard InChI is InChI=1S/C13H21OSi.C13H10.C9H13.Ti/c1-9-7-10(13(2,3)4)12(15(5)6)11(14)8-9;1-3-7-12(8-4-1)11-13-9-5-2-6-10-13;1-6-5-7(2)9(4)8(6)3;/h7-8,14H,1-6H3;1-10H;6H,1-4H3;/q;;-1;+1. The molecule has 0 saturated carbocycles. The SMILES string of the molecule is CC1=[C-]C(C)C(C)=C1C.Cc1cc(O)c([Si](C)C)c(C(C)(C)C)c1.[Ti+]=[C](c1ccccc1)c1ccccc1. The summed E-state index contributed by atoms with van der Waals surface area (Å²) in [6, 6.07) is 25.0. The van der Waals surface area contributed by atoms with Gasteiger partial charge in [0, 0.05) is 0 Å². The first-order valence-corrected chi connectivity index (χ1v) is 16.6. The Morgan fingerprint density at radius 2 is 1.32 bits per heavy atom. The average Bonchev–Trinajstić information content (AvgIpc) is 3.09. The van der Waals surface area contributed by atoms with Gasteiger partial charge in [0.2, 0.25) is 0 Å². The fourth-order valence-corrected chi connectivity index (χ4v) is 6.51. The van der Waals surface area contributed by atoms with Crippen LogP contribution in [0.15, 0.2) is 89.5 Å². The predicted octanol–water partition coefficient (Wildman–Crippen LogP) is 8.48. The molecule has 1 aliphatic rings. The Morgan fingerprint density at radius 3 is 1.63 bits per heavy atom. The van der Waals surface area contributed by atoms with Gasteiger partial charge >= 0.3 is 95.6 Å². The molecule has 0 heterocycles. The van der Waals surface area contributed by atoms with Gasteiger partial charge in [0.25, 0.3) is 0 Å². The number of aromatic hydroxyl groups is 1. The molecule has 0 amide bonds. The average molecular weight is 557 g/mol. The molecular formula is C35H44OSiTi. The summed E-state index contributed by atoms with van der Waals surface area (Å²) in [6.07, 6.45) is 3.36. The summed E-state index contributed by atoms with van der Waals surface area (Å²) in [7, 11) is -0.621. The van der Waals surface area contributed by atoms with E-state index in [1.165, 1.54) is 42.4 Å². The van der Waals surface area contributed by atoms with Gasteiger partial charge in [-0.25, -0.2) is 5.57 Å². The summed E-state index contributed by atoms with van der Waals surface area (Å²) in [5.41, 5.74) is 9.39. The molecule has 198 valence electrons. The topological polar surface area (TPSA) is 20.2 Å². The number of allylic oxidation sites excluding steroid dienone is 4. The maximum absolute atomic E-state index is 10.0. The van der Waals surface area contributed by atoms with E-state index in [9.17, 15) is 5.11 Å². The zero-order chi connectivity index (χ0) is 28.6. The summed E-state index contributed by atoms with van der Waals surface area (Å²) in [5.74, 6) is 1.05. The number of hydrogen-bond donors (Lipinski definition) is 1. The molecule has 1 unspecified atom stereocenters. The molecule has 4 rings (SSSR count). The molecule has 0 fully saturated rings. The molecule has 0 aromatic heterocycles. The molecule has 1 N–H and O–H groups in total. The van der Waals surface area contributed by atoms with Gasteiger partial charge in [-0.2, -0.15) is 11.1 Å². The molecule has 0 spiro atoms. The number of rotatable bonds is 3. The Labute approximate surface area is 245 Å². The van der Waals surface area contributed by atoms with Crippen molar-refractivity contribution in [1.82, 2.24) is 0 Å². The van der Waals surface area contributed by atoms with Crippen molar-refractivity contribution in [2.45, 2.75) is 73.9 Å². The van der Waals surface area contributed by atoms with Crippen molar-refractivity contribution < 1.29 is 25.1 Å². The van der Waals surface area contributed by atoms with E-state index in [0.717, 1.165) is 5.56 Å².